The lowest BCUT2D eigenvalue weighted by molar-refractivity contribution is -0.123. The maximum atomic E-state index is 11.5. The zero-order valence-electron chi connectivity index (χ0n) is 11.1. The van der Waals surface area contributed by atoms with Gasteiger partial charge in [0.15, 0.2) is 6.61 Å². The number of nitrogens with zero attached hydrogens (tertiary/aromatic N) is 2. The van der Waals surface area contributed by atoms with E-state index < -0.39 is 0 Å². The number of carbonyl (C=O) groups excluding carboxylic acids is 1. The number of hydrazone groups is 1. The van der Waals surface area contributed by atoms with Crippen LogP contribution in [-0.4, -0.2) is 23.7 Å². The largest absolute Gasteiger partial charge is 0.484 e. The van der Waals surface area contributed by atoms with Gasteiger partial charge in [-0.2, -0.15) is 5.10 Å². The van der Waals surface area contributed by atoms with E-state index in [1.807, 2.05) is 37.3 Å². The van der Waals surface area contributed by atoms with Crippen LogP contribution in [0.3, 0.4) is 0 Å². The summed E-state index contributed by atoms with van der Waals surface area (Å²) in [6.45, 7) is 1.88. The van der Waals surface area contributed by atoms with Crippen molar-refractivity contribution < 1.29 is 9.53 Å². The minimum atomic E-state index is -0.321. The van der Waals surface area contributed by atoms with E-state index in [9.17, 15) is 4.79 Å². The van der Waals surface area contributed by atoms with Gasteiger partial charge in [0.1, 0.15) is 5.75 Å². The van der Waals surface area contributed by atoms with Gasteiger partial charge in [-0.25, -0.2) is 5.43 Å². The third-order valence-corrected chi connectivity index (χ3v) is 2.43. The van der Waals surface area contributed by atoms with E-state index >= 15 is 0 Å². The molecule has 0 unspecified atom stereocenters. The average molecular weight is 269 g/mol. The summed E-state index contributed by atoms with van der Waals surface area (Å²) in [5, 5.41) is 3.80. The van der Waals surface area contributed by atoms with E-state index in [1.54, 1.807) is 18.3 Å². The number of pyridine rings is 1. The molecule has 0 aliphatic heterocycles. The molecule has 1 heterocycles. The number of nitrogens with one attached hydrogen (secondary N) is 1. The number of hydrogen-bond acceptors (Lipinski definition) is 4. The number of rotatable bonds is 5. The van der Waals surface area contributed by atoms with Gasteiger partial charge in [0, 0.05) is 6.20 Å². The second-order valence-electron chi connectivity index (χ2n) is 4.15. The Hall–Kier alpha value is -2.69. The maximum Gasteiger partial charge on any atom is 0.277 e. The quantitative estimate of drug-likeness (QED) is 0.666. The first-order valence-electron chi connectivity index (χ1n) is 6.16. The molecule has 0 saturated heterocycles. The summed E-state index contributed by atoms with van der Waals surface area (Å²) < 4.78 is 5.35. The fraction of sp³-hybridized carbons (Fsp3) is 0.133. The van der Waals surface area contributed by atoms with Gasteiger partial charge in [0.05, 0.1) is 11.9 Å². The third kappa shape index (κ3) is 4.53. The molecule has 0 bridgehead atoms. The fourth-order valence-electron chi connectivity index (χ4n) is 1.51. The van der Waals surface area contributed by atoms with Crippen molar-refractivity contribution in [2.45, 2.75) is 6.92 Å². The van der Waals surface area contributed by atoms with Crippen LogP contribution in [0.4, 0.5) is 0 Å². The molecule has 1 aromatic heterocycles. The van der Waals surface area contributed by atoms with Crippen molar-refractivity contribution in [2.24, 2.45) is 5.10 Å². The topological polar surface area (TPSA) is 63.6 Å². The summed E-state index contributed by atoms with van der Waals surface area (Å²) in [6, 6.07) is 13.0. The van der Waals surface area contributed by atoms with Gasteiger partial charge in [-0.15, -0.1) is 0 Å². The van der Waals surface area contributed by atoms with E-state index in [2.05, 4.69) is 15.5 Å². The minimum Gasteiger partial charge on any atom is -0.484 e. The van der Waals surface area contributed by atoms with Crippen LogP contribution in [-0.2, 0) is 4.79 Å². The highest BCUT2D eigenvalue weighted by Gasteiger charge is 2.01. The summed E-state index contributed by atoms with van der Waals surface area (Å²) in [5.41, 5.74) is 4.13. The van der Waals surface area contributed by atoms with Crippen molar-refractivity contribution in [3.8, 4) is 5.75 Å². The predicted octanol–water partition coefficient (Wildman–Crippen LogP) is 1.92. The van der Waals surface area contributed by atoms with Crippen molar-refractivity contribution in [3.05, 3.63) is 59.9 Å². The van der Waals surface area contributed by atoms with Crippen molar-refractivity contribution >= 4 is 12.1 Å². The van der Waals surface area contributed by atoms with Gasteiger partial charge in [0.25, 0.3) is 5.91 Å². The first-order valence-corrected chi connectivity index (χ1v) is 6.16. The molecule has 0 aliphatic carbocycles. The van der Waals surface area contributed by atoms with Crippen LogP contribution < -0.4 is 10.2 Å². The van der Waals surface area contributed by atoms with Gasteiger partial charge in [-0.05, 0) is 36.8 Å². The summed E-state index contributed by atoms with van der Waals surface area (Å²) >= 11 is 0. The van der Waals surface area contributed by atoms with Crippen LogP contribution in [0, 0.1) is 6.92 Å². The number of amides is 1. The van der Waals surface area contributed by atoms with Crippen LogP contribution in [0.2, 0.25) is 0 Å². The molecule has 2 aromatic rings. The van der Waals surface area contributed by atoms with E-state index in [4.69, 9.17) is 4.74 Å². The Kier molecular flexibility index (Phi) is 4.83. The van der Waals surface area contributed by atoms with Gasteiger partial charge in [0.2, 0.25) is 0 Å². The highest BCUT2D eigenvalue weighted by atomic mass is 16.5. The Morgan fingerprint density at radius 1 is 1.35 bits per heavy atom. The molecule has 0 saturated carbocycles. The Labute approximate surface area is 117 Å². The van der Waals surface area contributed by atoms with Crippen LogP contribution in [0.5, 0.6) is 5.75 Å². The van der Waals surface area contributed by atoms with Crippen molar-refractivity contribution in [2.75, 3.05) is 6.61 Å². The number of hydrogen-bond donors (Lipinski definition) is 1. The lowest BCUT2D eigenvalue weighted by Crippen LogP contribution is -2.24. The van der Waals surface area contributed by atoms with Gasteiger partial charge in [-0.3, -0.25) is 9.78 Å². The Bertz CT molecular complexity index is 597. The minimum absolute atomic E-state index is 0.0803. The summed E-state index contributed by atoms with van der Waals surface area (Å²) in [5.74, 6) is 0.340. The summed E-state index contributed by atoms with van der Waals surface area (Å²) in [7, 11) is 0. The van der Waals surface area contributed by atoms with Crippen molar-refractivity contribution in [3.63, 3.8) is 0 Å². The molecule has 20 heavy (non-hydrogen) atoms. The van der Waals surface area contributed by atoms with E-state index in [1.165, 1.54) is 6.21 Å². The van der Waals surface area contributed by atoms with Gasteiger partial charge in [-0.1, -0.05) is 18.2 Å². The number of ether oxygens (including phenoxy) is 1. The summed E-state index contributed by atoms with van der Waals surface area (Å²) in [6.07, 6.45) is 3.13. The lowest BCUT2D eigenvalue weighted by Gasteiger charge is -2.05. The number of aromatic nitrogens is 1. The Morgan fingerprint density at radius 2 is 2.25 bits per heavy atom. The first kappa shape index (κ1) is 13.7. The average Bonchev–Trinajstić information content (AvgIpc) is 2.46. The zero-order valence-corrected chi connectivity index (χ0v) is 11.1. The van der Waals surface area contributed by atoms with Crippen LogP contribution >= 0.6 is 0 Å². The maximum absolute atomic E-state index is 11.5. The highest BCUT2D eigenvalue weighted by molar-refractivity contribution is 5.81. The molecule has 1 aromatic carbocycles. The fourth-order valence-corrected chi connectivity index (χ4v) is 1.51. The molecule has 0 spiro atoms. The second-order valence-corrected chi connectivity index (χ2v) is 4.15. The standard InChI is InChI=1S/C15H15N3O2/c1-12-5-4-7-14(9-12)20-11-15(19)18-17-10-13-6-2-3-8-16-13/h2-10H,11H2,1H3,(H,18,19)/b17-10-. The molecule has 1 amide bonds. The molecule has 5 nitrogen and oxygen atoms in total. The molecule has 1 N–H and O–H groups in total. The monoisotopic (exact) mass is 269 g/mol. The number of benzene rings is 1. The molecule has 0 fully saturated rings. The third-order valence-electron chi connectivity index (χ3n) is 2.43. The molecular formula is C15H15N3O2. The molecule has 0 radical (unpaired) electrons. The van der Waals surface area contributed by atoms with E-state index in [-0.39, 0.29) is 12.5 Å². The van der Waals surface area contributed by atoms with Crippen LogP contribution in [0.15, 0.2) is 53.8 Å². The first-order chi connectivity index (χ1) is 9.74. The smallest absolute Gasteiger partial charge is 0.277 e. The highest BCUT2D eigenvalue weighted by Crippen LogP contribution is 2.11. The Morgan fingerprint density at radius 3 is 3.00 bits per heavy atom. The van der Waals surface area contributed by atoms with Crippen LogP contribution in [0.25, 0.3) is 0 Å². The van der Waals surface area contributed by atoms with Crippen molar-refractivity contribution in [1.29, 1.82) is 0 Å². The SMILES string of the molecule is Cc1cccc(OCC(=O)N/N=C\c2ccccn2)c1. The number of carbonyl (C=O) groups is 1. The zero-order chi connectivity index (χ0) is 14.2. The predicted molar refractivity (Wildman–Crippen MR) is 76.6 cm³/mol. The van der Waals surface area contributed by atoms with Gasteiger partial charge < -0.3 is 4.74 Å². The molecular weight excluding hydrogens is 254 g/mol. The molecule has 0 atom stereocenters. The molecule has 0 aliphatic rings. The molecule has 102 valence electrons. The normalized spacial score (nSPS) is 10.4. The van der Waals surface area contributed by atoms with E-state index in [0.717, 1.165) is 5.56 Å². The van der Waals surface area contributed by atoms with Crippen molar-refractivity contribution in [1.82, 2.24) is 10.4 Å². The van der Waals surface area contributed by atoms with E-state index in [0.29, 0.717) is 11.4 Å². The van der Waals surface area contributed by atoms with Crippen LogP contribution in [0.1, 0.15) is 11.3 Å². The number of aryl methyl sites for hydroxylation is 1. The molecule has 2 rings (SSSR count). The molecule has 5 heteroatoms. The Balaban J connectivity index is 1.77. The lowest BCUT2D eigenvalue weighted by atomic mass is 10.2. The second kappa shape index (κ2) is 7.04. The summed E-state index contributed by atoms with van der Waals surface area (Å²) in [4.78, 5) is 15.6. The van der Waals surface area contributed by atoms with Gasteiger partial charge >= 0.3 is 0 Å².